The number of hydrogen-bond acceptors (Lipinski definition) is 6. The summed E-state index contributed by atoms with van der Waals surface area (Å²) < 4.78 is 49.3. The van der Waals surface area contributed by atoms with Gasteiger partial charge in [0.15, 0.2) is 0 Å². The maximum Gasteiger partial charge on any atom is 0.326 e. The quantitative estimate of drug-likeness (QED) is 0.510. The van der Waals surface area contributed by atoms with Crippen molar-refractivity contribution in [3.8, 4) is 0 Å². The van der Waals surface area contributed by atoms with E-state index in [1.165, 1.54) is 0 Å². The minimum Gasteiger partial charge on any atom is -0.480 e. The van der Waals surface area contributed by atoms with Gasteiger partial charge in [0.25, 0.3) is 0 Å². The molecule has 1 aliphatic rings. The molecule has 25 heavy (non-hydrogen) atoms. The second-order valence-corrected chi connectivity index (χ2v) is 10.4. The Hall–Kier alpha value is -1.20. The molecule has 0 spiro atoms. The number of nitrogens with one attached hydrogen (secondary N) is 1. The Bertz CT molecular complexity index is 688. The number of unbranched alkanes of at least 4 members (excludes halogenated alkanes) is 1. The van der Waals surface area contributed by atoms with Gasteiger partial charge in [0, 0.05) is 12.8 Å². The van der Waals surface area contributed by atoms with E-state index >= 15 is 0 Å². The van der Waals surface area contributed by atoms with Crippen molar-refractivity contribution in [2.24, 2.45) is 0 Å². The smallest absolute Gasteiger partial charge is 0.326 e. The summed E-state index contributed by atoms with van der Waals surface area (Å²) >= 11 is 0. The van der Waals surface area contributed by atoms with Gasteiger partial charge in [-0.2, -0.15) is 0 Å². The van der Waals surface area contributed by atoms with Gasteiger partial charge in [0.05, 0.1) is 11.5 Å². The number of rotatable bonds is 10. The van der Waals surface area contributed by atoms with E-state index in [1.807, 2.05) is 6.92 Å². The van der Waals surface area contributed by atoms with Gasteiger partial charge in [0.2, 0.25) is 15.9 Å². The minimum absolute atomic E-state index is 0.172. The summed E-state index contributed by atoms with van der Waals surface area (Å²) in [6, 6.07) is -2.29. The molecule has 2 N–H and O–H groups in total. The van der Waals surface area contributed by atoms with E-state index in [2.05, 4.69) is 4.72 Å². The molecule has 0 aromatic rings. The predicted octanol–water partition coefficient (Wildman–Crippen LogP) is -0.415. The van der Waals surface area contributed by atoms with Crippen molar-refractivity contribution in [3.63, 3.8) is 0 Å². The summed E-state index contributed by atoms with van der Waals surface area (Å²) in [6.45, 7) is 2.03. The molecule has 0 saturated carbocycles. The van der Waals surface area contributed by atoms with Crippen LogP contribution < -0.4 is 4.72 Å². The van der Waals surface area contributed by atoms with Gasteiger partial charge in [-0.15, -0.1) is 0 Å². The predicted molar refractivity (Wildman–Crippen MR) is 92.3 cm³/mol. The van der Waals surface area contributed by atoms with Crippen LogP contribution in [0.25, 0.3) is 0 Å². The lowest BCUT2D eigenvalue weighted by atomic mass is 10.2. The zero-order valence-corrected chi connectivity index (χ0v) is 16.1. The minimum atomic E-state index is -3.76. The number of carbonyl (C=O) groups is 2. The number of carbonyl (C=O) groups excluding carboxylic acids is 1. The Morgan fingerprint density at radius 1 is 1.24 bits per heavy atom. The first-order valence-electron chi connectivity index (χ1n) is 8.18. The van der Waals surface area contributed by atoms with E-state index in [-0.39, 0.29) is 24.5 Å². The molecular weight excluding hydrogens is 372 g/mol. The summed E-state index contributed by atoms with van der Waals surface area (Å²) in [7, 11) is -7.16. The highest BCUT2D eigenvalue weighted by molar-refractivity contribution is 7.90. The molecule has 1 heterocycles. The molecule has 1 fully saturated rings. The van der Waals surface area contributed by atoms with Crippen molar-refractivity contribution in [1.82, 2.24) is 9.62 Å². The Labute approximate surface area is 148 Å². The van der Waals surface area contributed by atoms with Crippen molar-refractivity contribution in [2.75, 3.05) is 24.3 Å². The fraction of sp³-hybridized carbons (Fsp3) is 0.857. The summed E-state index contributed by atoms with van der Waals surface area (Å²) in [5.74, 6) is -2.38. The van der Waals surface area contributed by atoms with Gasteiger partial charge in [0.1, 0.15) is 21.9 Å². The topological polar surface area (TPSA) is 138 Å². The third-order valence-electron chi connectivity index (χ3n) is 3.98. The molecule has 146 valence electrons. The molecule has 1 aliphatic heterocycles. The highest BCUT2D eigenvalue weighted by atomic mass is 32.2. The molecule has 2 unspecified atom stereocenters. The molecule has 0 aromatic heterocycles. The molecule has 2 atom stereocenters. The zero-order valence-electron chi connectivity index (χ0n) is 14.5. The van der Waals surface area contributed by atoms with Gasteiger partial charge in [-0.25, -0.2) is 26.4 Å². The second-order valence-electron chi connectivity index (χ2n) is 6.29. The number of carboxylic acids is 1. The third-order valence-corrected chi connectivity index (χ3v) is 6.43. The SMILES string of the molecule is CCCCS(=O)(=O)NC(CCS(C)(=O)=O)C(=O)N1CCCC1C(=O)O. The molecule has 1 rings (SSSR count). The fourth-order valence-electron chi connectivity index (χ4n) is 2.66. The van der Waals surface area contributed by atoms with E-state index in [9.17, 15) is 31.5 Å². The molecule has 0 radical (unpaired) electrons. The van der Waals surface area contributed by atoms with Crippen molar-refractivity contribution < 1.29 is 31.5 Å². The van der Waals surface area contributed by atoms with Crippen LogP contribution in [0.15, 0.2) is 0 Å². The second kappa shape index (κ2) is 8.95. The van der Waals surface area contributed by atoms with Crippen molar-refractivity contribution in [3.05, 3.63) is 0 Å². The summed E-state index contributed by atoms with van der Waals surface area (Å²) in [5.41, 5.74) is 0. The first-order valence-corrected chi connectivity index (χ1v) is 11.9. The molecule has 0 aromatic carbocycles. The number of nitrogens with zero attached hydrogens (tertiary/aromatic N) is 1. The highest BCUT2D eigenvalue weighted by Crippen LogP contribution is 2.19. The van der Waals surface area contributed by atoms with Crippen LogP contribution in [-0.2, 0) is 29.4 Å². The Kier molecular flexibility index (Phi) is 7.82. The first-order chi connectivity index (χ1) is 11.5. The third kappa shape index (κ3) is 7.28. The van der Waals surface area contributed by atoms with Gasteiger partial charge in [-0.1, -0.05) is 13.3 Å². The summed E-state index contributed by atoms with van der Waals surface area (Å²) in [4.78, 5) is 25.0. The Balaban J connectivity index is 2.96. The first kappa shape index (κ1) is 21.8. The van der Waals surface area contributed by atoms with Crippen LogP contribution in [0.3, 0.4) is 0 Å². The number of carboxylic acid groups (broad SMARTS) is 1. The van der Waals surface area contributed by atoms with Gasteiger partial charge < -0.3 is 10.0 Å². The van der Waals surface area contributed by atoms with Crippen molar-refractivity contribution >= 4 is 31.7 Å². The van der Waals surface area contributed by atoms with Crippen LogP contribution in [0.4, 0.5) is 0 Å². The molecule has 1 saturated heterocycles. The number of sulfonamides is 1. The van der Waals surface area contributed by atoms with E-state index < -0.39 is 43.8 Å². The molecular formula is C14H26N2O7S2. The van der Waals surface area contributed by atoms with Crippen LogP contribution in [-0.4, -0.2) is 75.1 Å². The maximum atomic E-state index is 12.7. The number of likely N-dealkylation sites (tertiary alicyclic amines) is 1. The number of sulfone groups is 1. The Morgan fingerprint density at radius 2 is 1.88 bits per heavy atom. The van der Waals surface area contributed by atoms with Gasteiger partial charge in [-0.3, -0.25) is 4.79 Å². The average Bonchev–Trinajstić information content (AvgIpc) is 2.97. The zero-order chi connectivity index (χ0) is 19.3. The standard InChI is InChI=1S/C14H26N2O7S2/c1-3-4-9-25(22,23)15-11(7-10-24(2,20)21)13(17)16-8-5-6-12(16)14(18)19/h11-12,15H,3-10H2,1-2H3,(H,18,19). The van der Waals surface area contributed by atoms with E-state index in [0.717, 1.165) is 11.2 Å². The van der Waals surface area contributed by atoms with Crippen LogP contribution >= 0.6 is 0 Å². The highest BCUT2D eigenvalue weighted by Gasteiger charge is 2.38. The van der Waals surface area contributed by atoms with Crippen molar-refractivity contribution in [2.45, 2.75) is 51.1 Å². The number of hydrogen-bond donors (Lipinski definition) is 2. The van der Waals surface area contributed by atoms with Gasteiger partial charge >= 0.3 is 5.97 Å². The summed E-state index contributed by atoms with van der Waals surface area (Å²) in [6.07, 6.45) is 2.62. The molecule has 0 bridgehead atoms. The van der Waals surface area contributed by atoms with Crippen LogP contribution in [0, 0.1) is 0 Å². The molecule has 1 amide bonds. The lowest BCUT2D eigenvalue weighted by Crippen LogP contribution is -2.52. The van der Waals surface area contributed by atoms with Crippen LogP contribution in [0.1, 0.15) is 39.0 Å². The van der Waals surface area contributed by atoms with E-state index in [1.54, 1.807) is 0 Å². The van der Waals surface area contributed by atoms with Crippen molar-refractivity contribution in [1.29, 1.82) is 0 Å². The van der Waals surface area contributed by atoms with E-state index in [4.69, 9.17) is 0 Å². The maximum absolute atomic E-state index is 12.7. The number of amides is 1. The lowest BCUT2D eigenvalue weighted by molar-refractivity contribution is -0.148. The monoisotopic (exact) mass is 398 g/mol. The lowest BCUT2D eigenvalue weighted by Gasteiger charge is -2.27. The average molecular weight is 399 g/mol. The van der Waals surface area contributed by atoms with E-state index in [0.29, 0.717) is 25.7 Å². The fourth-order valence-corrected chi connectivity index (χ4v) is 4.76. The van der Waals surface area contributed by atoms with Gasteiger partial charge in [-0.05, 0) is 25.7 Å². The molecule has 9 nitrogen and oxygen atoms in total. The summed E-state index contributed by atoms with van der Waals surface area (Å²) in [5, 5.41) is 9.19. The molecule has 0 aliphatic carbocycles. The number of aliphatic carboxylic acids is 1. The Morgan fingerprint density at radius 3 is 2.40 bits per heavy atom. The van der Waals surface area contributed by atoms with Crippen LogP contribution in [0.5, 0.6) is 0 Å². The largest absolute Gasteiger partial charge is 0.480 e. The van der Waals surface area contributed by atoms with Crippen LogP contribution in [0.2, 0.25) is 0 Å². The molecule has 11 heteroatoms. The normalized spacial score (nSPS) is 19.8.